The average molecular weight is 325 g/mol. The van der Waals surface area contributed by atoms with Crippen molar-refractivity contribution in [2.75, 3.05) is 7.11 Å². The van der Waals surface area contributed by atoms with E-state index in [1.54, 1.807) is 12.1 Å². The Morgan fingerprint density at radius 3 is 2.47 bits per heavy atom. The van der Waals surface area contributed by atoms with E-state index in [0.717, 1.165) is 5.56 Å². The topological polar surface area (TPSA) is 29.5 Å². The van der Waals surface area contributed by atoms with Gasteiger partial charge < -0.3 is 9.84 Å². The number of hydrogen-bond donors (Lipinski definition) is 1. The maximum atomic E-state index is 13.8. The molecule has 0 radical (unpaired) electrons. The van der Waals surface area contributed by atoms with Crippen LogP contribution in [0.3, 0.4) is 0 Å². The first-order valence-corrected chi connectivity index (χ1v) is 6.63. The third-order valence-corrected chi connectivity index (χ3v) is 3.44. The second-order valence-corrected chi connectivity index (χ2v) is 5.09. The van der Waals surface area contributed by atoms with Crippen LogP contribution in [0.5, 0.6) is 0 Å². The van der Waals surface area contributed by atoms with E-state index in [4.69, 9.17) is 4.74 Å². The molecule has 19 heavy (non-hydrogen) atoms. The highest BCUT2D eigenvalue weighted by molar-refractivity contribution is 9.10. The monoisotopic (exact) mass is 324 g/mol. The van der Waals surface area contributed by atoms with Gasteiger partial charge in [-0.25, -0.2) is 4.39 Å². The second-order valence-electron chi connectivity index (χ2n) is 4.18. The molecule has 0 bridgehead atoms. The molecule has 2 nitrogen and oxygen atoms in total. The Balaban J connectivity index is 2.36. The Morgan fingerprint density at radius 1 is 1.16 bits per heavy atom. The summed E-state index contributed by atoms with van der Waals surface area (Å²) in [6.45, 7) is 0. The van der Waals surface area contributed by atoms with Gasteiger partial charge in [0.25, 0.3) is 0 Å². The zero-order valence-electron chi connectivity index (χ0n) is 10.4. The van der Waals surface area contributed by atoms with Crippen LogP contribution in [-0.4, -0.2) is 12.2 Å². The van der Waals surface area contributed by atoms with Gasteiger partial charge in [0, 0.05) is 17.1 Å². The van der Waals surface area contributed by atoms with E-state index in [1.165, 1.54) is 13.2 Å². The number of halogens is 2. The highest BCUT2D eigenvalue weighted by Crippen LogP contribution is 2.33. The number of hydrogen-bond acceptors (Lipinski definition) is 2. The van der Waals surface area contributed by atoms with Crippen LogP contribution in [0, 0.1) is 5.82 Å². The van der Waals surface area contributed by atoms with Crippen molar-refractivity contribution in [3.63, 3.8) is 0 Å². The minimum Gasteiger partial charge on any atom is -0.385 e. The SMILES string of the molecule is COC(c1ccccc1)C(O)c1cc(Br)ccc1F. The summed E-state index contributed by atoms with van der Waals surface area (Å²) in [5.41, 5.74) is 1.02. The zero-order chi connectivity index (χ0) is 13.8. The second kappa shape index (κ2) is 6.28. The van der Waals surface area contributed by atoms with Gasteiger partial charge >= 0.3 is 0 Å². The third kappa shape index (κ3) is 3.21. The lowest BCUT2D eigenvalue weighted by atomic mass is 9.98. The van der Waals surface area contributed by atoms with Gasteiger partial charge in [0.15, 0.2) is 0 Å². The van der Waals surface area contributed by atoms with Gasteiger partial charge in [0.1, 0.15) is 18.0 Å². The summed E-state index contributed by atoms with van der Waals surface area (Å²) < 4.78 is 19.8. The standard InChI is InChI=1S/C15H14BrFO2/c1-19-15(10-5-3-2-4-6-10)14(18)12-9-11(16)7-8-13(12)17/h2-9,14-15,18H,1H3. The van der Waals surface area contributed by atoms with Gasteiger partial charge in [0.2, 0.25) is 0 Å². The quantitative estimate of drug-likeness (QED) is 0.920. The van der Waals surface area contributed by atoms with Crippen LogP contribution in [0.2, 0.25) is 0 Å². The van der Waals surface area contributed by atoms with Gasteiger partial charge in [-0.3, -0.25) is 0 Å². The van der Waals surface area contributed by atoms with E-state index in [-0.39, 0.29) is 5.56 Å². The van der Waals surface area contributed by atoms with Crippen molar-refractivity contribution < 1.29 is 14.2 Å². The fourth-order valence-electron chi connectivity index (χ4n) is 1.99. The van der Waals surface area contributed by atoms with Crippen molar-refractivity contribution in [2.45, 2.75) is 12.2 Å². The minimum atomic E-state index is -1.06. The summed E-state index contributed by atoms with van der Waals surface area (Å²) in [7, 11) is 1.50. The Hall–Kier alpha value is -1.23. The maximum Gasteiger partial charge on any atom is 0.129 e. The first-order chi connectivity index (χ1) is 9.13. The van der Waals surface area contributed by atoms with Crippen molar-refractivity contribution in [3.05, 3.63) is 69.9 Å². The van der Waals surface area contributed by atoms with E-state index in [2.05, 4.69) is 15.9 Å². The molecule has 0 aliphatic heterocycles. The lowest BCUT2D eigenvalue weighted by molar-refractivity contribution is -0.0165. The molecule has 0 amide bonds. The normalized spacial score (nSPS) is 14.1. The van der Waals surface area contributed by atoms with Gasteiger partial charge in [0.05, 0.1) is 0 Å². The molecule has 2 atom stereocenters. The van der Waals surface area contributed by atoms with Crippen molar-refractivity contribution in [1.82, 2.24) is 0 Å². The lowest BCUT2D eigenvalue weighted by Gasteiger charge is -2.23. The molecule has 0 spiro atoms. The smallest absolute Gasteiger partial charge is 0.129 e. The lowest BCUT2D eigenvalue weighted by Crippen LogP contribution is -2.14. The predicted octanol–water partition coefficient (Wildman–Crippen LogP) is 4.01. The summed E-state index contributed by atoms with van der Waals surface area (Å²) >= 11 is 3.27. The molecule has 0 heterocycles. The fraction of sp³-hybridized carbons (Fsp3) is 0.200. The van der Waals surface area contributed by atoms with Crippen LogP contribution in [0.15, 0.2) is 53.0 Å². The number of methoxy groups -OCH3 is 1. The molecule has 0 aromatic heterocycles. The summed E-state index contributed by atoms with van der Waals surface area (Å²) in [6.07, 6.45) is -1.67. The molecule has 2 rings (SSSR count). The van der Waals surface area contributed by atoms with Crippen LogP contribution >= 0.6 is 15.9 Å². The first kappa shape index (κ1) is 14.2. The van der Waals surface area contributed by atoms with Gasteiger partial charge in [-0.15, -0.1) is 0 Å². The largest absolute Gasteiger partial charge is 0.385 e. The minimum absolute atomic E-state index is 0.213. The zero-order valence-corrected chi connectivity index (χ0v) is 12.0. The number of benzene rings is 2. The van der Waals surface area contributed by atoms with Gasteiger partial charge in [-0.1, -0.05) is 46.3 Å². The Bertz CT molecular complexity index is 545. The number of aliphatic hydroxyl groups is 1. The van der Waals surface area contributed by atoms with E-state index in [9.17, 15) is 9.50 Å². The molecule has 0 saturated heterocycles. The first-order valence-electron chi connectivity index (χ1n) is 5.84. The molecule has 2 aromatic rings. The van der Waals surface area contributed by atoms with Crippen LogP contribution in [0.4, 0.5) is 4.39 Å². The molecule has 2 unspecified atom stereocenters. The summed E-state index contributed by atoms with van der Waals surface area (Å²) in [4.78, 5) is 0. The molecule has 1 N–H and O–H groups in total. The third-order valence-electron chi connectivity index (χ3n) is 2.95. The van der Waals surface area contributed by atoms with Crippen molar-refractivity contribution >= 4 is 15.9 Å². The molecular weight excluding hydrogens is 311 g/mol. The fourth-order valence-corrected chi connectivity index (χ4v) is 2.37. The van der Waals surface area contributed by atoms with Gasteiger partial charge in [-0.05, 0) is 23.8 Å². The Morgan fingerprint density at radius 2 is 1.84 bits per heavy atom. The molecule has 100 valence electrons. The molecule has 0 aliphatic rings. The highest BCUT2D eigenvalue weighted by atomic mass is 79.9. The van der Waals surface area contributed by atoms with Gasteiger partial charge in [-0.2, -0.15) is 0 Å². The summed E-state index contributed by atoms with van der Waals surface area (Å²) in [5, 5.41) is 10.4. The summed E-state index contributed by atoms with van der Waals surface area (Å²) in [5.74, 6) is -0.450. The van der Waals surface area contributed by atoms with Crippen LogP contribution in [0.25, 0.3) is 0 Å². The molecule has 4 heteroatoms. The molecule has 0 aliphatic carbocycles. The highest BCUT2D eigenvalue weighted by Gasteiger charge is 2.25. The number of rotatable bonds is 4. The Labute approximate surface area is 120 Å². The van der Waals surface area contributed by atoms with E-state index in [0.29, 0.717) is 4.47 Å². The average Bonchev–Trinajstić information content (AvgIpc) is 2.43. The number of ether oxygens (including phenoxy) is 1. The van der Waals surface area contributed by atoms with E-state index < -0.39 is 18.0 Å². The van der Waals surface area contributed by atoms with Crippen LogP contribution in [0.1, 0.15) is 23.3 Å². The van der Waals surface area contributed by atoms with Crippen LogP contribution in [-0.2, 0) is 4.74 Å². The van der Waals surface area contributed by atoms with E-state index in [1.807, 2.05) is 30.3 Å². The molecular formula is C15H14BrFO2. The van der Waals surface area contributed by atoms with E-state index >= 15 is 0 Å². The summed E-state index contributed by atoms with van der Waals surface area (Å²) in [6, 6.07) is 13.7. The Kier molecular flexibility index (Phi) is 4.69. The van der Waals surface area contributed by atoms with Crippen LogP contribution < -0.4 is 0 Å². The molecule has 2 aromatic carbocycles. The van der Waals surface area contributed by atoms with Crippen molar-refractivity contribution in [1.29, 1.82) is 0 Å². The number of aliphatic hydroxyl groups excluding tert-OH is 1. The van der Waals surface area contributed by atoms with Crippen molar-refractivity contribution in [2.24, 2.45) is 0 Å². The molecule has 0 fully saturated rings. The molecule has 0 saturated carbocycles. The van der Waals surface area contributed by atoms with Crippen molar-refractivity contribution in [3.8, 4) is 0 Å². The predicted molar refractivity (Wildman–Crippen MR) is 75.3 cm³/mol. The maximum absolute atomic E-state index is 13.8.